The van der Waals surface area contributed by atoms with Gasteiger partial charge in [0.25, 0.3) is 0 Å². The summed E-state index contributed by atoms with van der Waals surface area (Å²) in [5.41, 5.74) is 6.12. The number of piperazine rings is 1. The fraction of sp³-hybridized carbons (Fsp3) is 0.517. The Morgan fingerprint density at radius 3 is 2.68 bits per heavy atom. The van der Waals surface area contributed by atoms with E-state index in [2.05, 4.69) is 65.1 Å². The van der Waals surface area contributed by atoms with Crippen LogP contribution in [0.2, 0.25) is 5.02 Å². The largest absolute Gasteiger partial charge is 0.369 e. The second kappa shape index (κ2) is 11.6. The molecule has 1 amide bonds. The number of carbonyl (C=O) groups is 1. The van der Waals surface area contributed by atoms with E-state index in [1.165, 1.54) is 27.1 Å². The molecule has 2 aliphatic heterocycles. The van der Waals surface area contributed by atoms with Gasteiger partial charge in [-0.15, -0.1) is 0 Å². The van der Waals surface area contributed by atoms with Gasteiger partial charge in [-0.3, -0.25) is 9.69 Å². The molecule has 0 saturated carbocycles. The van der Waals surface area contributed by atoms with Crippen LogP contribution in [0.3, 0.4) is 0 Å². The molecule has 2 aliphatic rings. The molecule has 2 fully saturated rings. The first-order valence-corrected chi connectivity index (χ1v) is 14.7. The number of amides is 1. The molecule has 37 heavy (non-hydrogen) atoms. The van der Waals surface area contributed by atoms with Crippen LogP contribution < -0.4 is 15.1 Å². The van der Waals surface area contributed by atoms with E-state index in [9.17, 15) is 4.79 Å². The molecule has 2 saturated heterocycles. The number of anilines is 2. The SMILES string of the molecule is Cc1cc(C)c2nc(N3CCCC(C(=O)NCCCN4CCN(c5cc(Cl)ccc5C)CC4)C3)sc2c1. The van der Waals surface area contributed by atoms with Crippen molar-refractivity contribution in [2.75, 3.05) is 62.2 Å². The molecule has 8 heteroatoms. The van der Waals surface area contributed by atoms with Crippen molar-refractivity contribution < 1.29 is 4.79 Å². The van der Waals surface area contributed by atoms with E-state index >= 15 is 0 Å². The lowest BCUT2D eigenvalue weighted by atomic mass is 9.97. The van der Waals surface area contributed by atoms with Crippen molar-refractivity contribution in [1.29, 1.82) is 0 Å². The molecule has 1 unspecified atom stereocenters. The standard InChI is InChI=1S/C29H38ClN5OS/c1-20-16-22(3)27-26(17-20)37-29(32-27)35-11-4-6-23(19-35)28(36)31-9-5-10-33-12-14-34(15-13-33)25-18-24(30)8-7-21(25)2/h7-8,16-18,23H,4-6,9-15,19H2,1-3H3,(H,31,36). The number of halogens is 1. The van der Waals surface area contributed by atoms with Crippen LogP contribution in [0.1, 0.15) is 36.0 Å². The van der Waals surface area contributed by atoms with Crippen molar-refractivity contribution in [2.45, 2.75) is 40.0 Å². The highest BCUT2D eigenvalue weighted by Crippen LogP contribution is 2.33. The van der Waals surface area contributed by atoms with E-state index in [0.29, 0.717) is 0 Å². The van der Waals surface area contributed by atoms with Gasteiger partial charge < -0.3 is 15.1 Å². The Bertz CT molecular complexity index is 1250. The zero-order chi connectivity index (χ0) is 25.9. The van der Waals surface area contributed by atoms with E-state index < -0.39 is 0 Å². The fourth-order valence-corrected chi connectivity index (χ4v) is 7.00. The number of hydrogen-bond donors (Lipinski definition) is 1. The first-order chi connectivity index (χ1) is 17.9. The Hall–Kier alpha value is -2.35. The van der Waals surface area contributed by atoms with Gasteiger partial charge in [-0.25, -0.2) is 4.98 Å². The molecule has 3 aromatic rings. The predicted molar refractivity (Wildman–Crippen MR) is 156 cm³/mol. The zero-order valence-electron chi connectivity index (χ0n) is 22.2. The number of carbonyl (C=O) groups excluding carboxylic acids is 1. The van der Waals surface area contributed by atoms with Gasteiger partial charge in [-0.1, -0.05) is 35.1 Å². The maximum atomic E-state index is 13.0. The molecule has 5 rings (SSSR count). The van der Waals surface area contributed by atoms with Crippen molar-refractivity contribution in [1.82, 2.24) is 15.2 Å². The quantitative estimate of drug-likeness (QED) is 0.406. The van der Waals surface area contributed by atoms with Gasteiger partial charge in [-0.2, -0.15) is 0 Å². The van der Waals surface area contributed by atoms with Crippen LogP contribution in [0.5, 0.6) is 0 Å². The number of aryl methyl sites for hydroxylation is 3. The zero-order valence-corrected chi connectivity index (χ0v) is 23.8. The number of piperidine rings is 1. The number of nitrogens with zero attached hydrogens (tertiary/aromatic N) is 4. The molecule has 198 valence electrons. The summed E-state index contributed by atoms with van der Waals surface area (Å²) in [6, 6.07) is 10.5. The smallest absolute Gasteiger partial charge is 0.224 e. The third-order valence-corrected chi connectivity index (χ3v) is 9.01. The molecule has 0 aliphatic carbocycles. The van der Waals surface area contributed by atoms with Gasteiger partial charge in [-0.05, 0) is 81.5 Å². The van der Waals surface area contributed by atoms with Crippen LogP contribution in [-0.4, -0.2) is 68.1 Å². The van der Waals surface area contributed by atoms with Gasteiger partial charge in [0.15, 0.2) is 5.13 Å². The lowest BCUT2D eigenvalue weighted by molar-refractivity contribution is -0.125. The van der Waals surface area contributed by atoms with E-state index in [0.717, 1.165) is 87.3 Å². The maximum absolute atomic E-state index is 13.0. The number of aromatic nitrogens is 1. The predicted octanol–water partition coefficient (Wildman–Crippen LogP) is 5.42. The molecular weight excluding hydrogens is 502 g/mol. The molecule has 0 spiro atoms. The molecular formula is C29H38ClN5OS. The highest BCUT2D eigenvalue weighted by Gasteiger charge is 2.27. The summed E-state index contributed by atoms with van der Waals surface area (Å²) in [6.45, 7) is 14.0. The second-order valence-electron chi connectivity index (χ2n) is 10.6. The lowest BCUT2D eigenvalue weighted by Gasteiger charge is -2.37. The van der Waals surface area contributed by atoms with Crippen LogP contribution in [0.15, 0.2) is 30.3 Å². The minimum atomic E-state index is 0.0353. The van der Waals surface area contributed by atoms with Crippen LogP contribution in [-0.2, 0) is 4.79 Å². The Morgan fingerprint density at radius 2 is 1.86 bits per heavy atom. The highest BCUT2D eigenvalue weighted by molar-refractivity contribution is 7.22. The molecule has 2 aromatic carbocycles. The summed E-state index contributed by atoms with van der Waals surface area (Å²) in [4.78, 5) is 25.1. The second-order valence-corrected chi connectivity index (χ2v) is 12.1. The van der Waals surface area contributed by atoms with Crippen LogP contribution >= 0.6 is 22.9 Å². The van der Waals surface area contributed by atoms with Crippen LogP contribution in [0.25, 0.3) is 10.2 Å². The topological polar surface area (TPSA) is 51.7 Å². The third kappa shape index (κ3) is 6.21. The van der Waals surface area contributed by atoms with Crippen molar-refractivity contribution in [3.63, 3.8) is 0 Å². The fourth-order valence-electron chi connectivity index (χ4n) is 5.65. The van der Waals surface area contributed by atoms with Gasteiger partial charge in [0.2, 0.25) is 5.91 Å². The molecule has 0 bridgehead atoms. The Labute approximate surface area is 229 Å². The average molecular weight is 540 g/mol. The van der Waals surface area contributed by atoms with Gasteiger partial charge in [0.1, 0.15) is 0 Å². The van der Waals surface area contributed by atoms with Crippen molar-refractivity contribution in [3.8, 4) is 0 Å². The Morgan fingerprint density at radius 1 is 1.05 bits per heavy atom. The summed E-state index contributed by atoms with van der Waals surface area (Å²) in [7, 11) is 0. The lowest BCUT2D eigenvalue weighted by Crippen LogP contribution is -2.47. The summed E-state index contributed by atoms with van der Waals surface area (Å²) < 4.78 is 1.24. The van der Waals surface area contributed by atoms with E-state index in [-0.39, 0.29) is 11.8 Å². The molecule has 1 aromatic heterocycles. The van der Waals surface area contributed by atoms with Crippen molar-refractivity contribution in [2.24, 2.45) is 5.92 Å². The first-order valence-electron chi connectivity index (χ1n) is 13.5. The number of rotatable bonds is 7. The van der Waals surface area contributed by atoms with Crippen molar-refractivity contribution >= 4 is 49.9 Å². The monoisotopic (exact) mass is 539 g/mol. The molecule has 3 heterocycles. The first kappa shape index (κ1) is 26.3. The van der Waals surface area contributed by atoms with Crippen LogP contribution in [0.4, 0.5) is 10.8 Å². The van der Waals surface area contributed by atoms with E-state index in [4.69, 9.17) is 16.6 Å². The Kier molecular flexibility index (Phi) is 8.22. The number of thiazole rings is 1. The summed E-state index contributed by atoms with van der Waals surface area (Å²) in [6.07, 6.45) is 2.97. The number of nitrogens with one attached hydrogen (secondary N) is 1. The van der Waals surface area contributed by atoms with E-state index in [1.54, 1.807) is 11.3 Å². The molecule has 0 radical (unpaired) electrons. The van der Waals surface area contributed by atoms with Gasteiger partial charge in [0, 0.05) is 56.5 Å². The summed E-state index contributed by atoms with van der Waals surface area (Å²) in [5, 5.41) is 5.07. The van der Waals surface area contributed by atoms with Crippen molar-refractivity contribution in [3.05, 3.63) is 52.0 Å². The normalized spacial score (nSPS) is 19.0. The molecule has 6 nitrogen and oxygen atoms in total. The number of benzene rings is 2. The maximum Gasteiger partial charge on any atom is 0.224 e. The van der Waals surface area contributed by atoms with Gasteiger partial charge >= 0.3 is 0 Å². The van der Waals surface area contributed by atoms with Gasteiger partial charge in [0.05, 0.1) is 16.1 Å². The number of fused-ring (bicyclic) bond motifs is 1. The minimum Gasteiger partial charge on any atom is -0.369 e. The van der Waals surface area contributed by atoms with Crippen LogP contribution in [0, 0.1) is 26.7 Å². The van der Waals surface area contributed by atoms with E-state index in [1.807, 2.05) is 6.07 Å². The Balaban J connectivity index is 1.06. The minimum absolute atomic E-state index is 0.0353. The number of hydrogen-bond acceptors (Lipinski definition) is 6. The third-order valence-electron chi connectivity index (χ3n) is 7.72. The highest BCUT2D eigenvalue weighted by atomic mass is 35.5. The summed E-state index contributed by atoms with van der Waals surface area (Å²) >= 11 is 7.97. The molecule has 1 atom stereocenters. The average Bonchev–Trinajstić information content (AvgIpc) is 3.33. The molecule has 1 N–H and O–H groups in total. The summed E-state index contributed by atoms with van der Waals surface area (Å²) in [5.74, 6) is 0.229.